The smallest absolute Gasteiger partial charge is 0.273 e. The fourth-order valence-corrected chi connectivity index (χ4v) is 3.79. The van der Waals surface area contributed by atoms with Gasteiger partial charge < -0.3 is 19.3 Å². The number of methoxy groups -OCH3 is 1. The third-order valence-electron chi connectivity index (χ3n) is 4.77. The van der Waals surface area contributed by atoms with E-state index in [-0.39, 0.29) is 12.0 Å². The highest BCUT2D eigenvalue weighted by atomic mass is 32.1. The maximum Gasteiger partial charge on any atom is 0.273 e. The van der Waals surface area contributed by atoms with Gasteiger partial charge in [-0.05, 0) is 30.7 Å². The Labute approximate surface area is 151 Å². The van der Waals surface area contributed by atoms with E-state index in [1.165, 1.54) is 11.3 Å². The van der Waals surface area contributed by atoms with Crippen LogP contribution in [-0.2, 0) is 4.74 Å². The molecule has 2 saturated heterocycles. The lowest BCUT2D eigenvalue weighted by atomic mass is 10.1. The lowest BCUT2D eigenvalue weighted by Crippen LogP contribution is -2.56. The number of likely N-dealkylation sites (tertiary alicyclic amines) is 1. The van der Waals surface area contributed by atoms with Gasteiger partial charge in [0.15, 0.2) is 0 Å². The summed E-state index contributed by atoms with van der Waals surface area (Å²) in [5.41, 5.74) is 1.86. The van der Waals surface area contributed by atoms with Gasteiger partial charge in [-0.25, -0.2) is 4.98 Å². The molecule has 2 aliphatic heterocycles. The number of carbonyl (C=O) groups is 1. The molecule has 0 saturated carbocycles. The number of rotatable bonds is 5. The van der Waals surface area contributed by atoms with Gasteiger partial charge in [0.25, 0.3) is 11.1 Å². The molecule has 1 aromatic heterocycles. The second-order valence-corrected chi connectivity index (χ2v) is 7.24. The van der Waals surface area contributed by atoms with E-state index in [4.69, 9.17) is 9.47 Å². The first-order valence-electron chi connectivity index (χ1n) is 8.46. The van der Waals surface area contributed by atoms with E-state index in [0.29, 0.717) is 24.4 Å². The van der Waals surface area contributed by atoms with Crippen LogP contribution in [0.3, 0.4) is 0 Å². The lowest BCUT2D eigenvalue weighted by molar-refractivity contribution is 0.0177. The van der Waals surface area contributed by atoms with E-state index in [0.717, 1.165) is 30.8 Å². The number of thiazole rings is 1. The Kier molecular flexibility index (Phi) is 4.59. The van der Waals surface area contributed by atoms with Crippen molar-refractivity contribution in [1.29, 1.82) is 0 Å². The molecule has 0 spiro atoms. The Morgan fingerprint density at radius 2 is 2.00 bits per heavy atom. The van der Waals surface area contributed by atoms with Crippen LogP contribution in [0.1, 0.15) is 16.8 Å². The van der Waals surface area contributed by atoms with E-state index in [1.807, 2.05) is 34.5 Å². The number of aromatic nitrogens is 1. The lowest BCUT2D eigenvalue weighted by Gasteiger charge is -2.38. The highest BCUT2D eigenvalue weighted by molar-refractivity contribution is 7.11. The van der Waals surface area contributed by atoms with Crippen molar-refractivity contribution in [2.45, 2.75) is 18.6 Å². The molecule has 0 N–H and O–H groups in total. The van der Waals surface area contributed by atoms with E-state index < -0.39 is 0 Å². The number of nitrogens with zero attached hydrogens (tertiary/aromatic N) is 3. The van der Waals surface area contributed by atoms with E-state index >= 15 is 0 Å². The van der Waals surface area contributed by atoms with Crippen LogP contribution in [0, 0.1) is 0 Å². The minimum Gasteiger partial charge on any atom is -0.463 e. The molecule has 4 rings (SSSR count). The monoisotopic (exact) mass is 359 g/mol. The second-order valence-electron chi connectivity index (χ2n) is 6.39. The first kappa shape index (κ1) is 16.4. The van der Waals surface area contributed by atoms with Gasteiger partial charge in [-0.2, -0.15) is 0 Å². The zero-order valence-electron chi connectivity index (χ0n) is 14.1. The molecule has 6 nitrogen and oxygen atoms in total. The molecule has 3 heterocycles. The second kappa shape index (κ2) is 7.01. The summed E-state index contributed by atoms with van der Waals surface area (Å²) in [6.07, 6.45) is 3.12. The number of carbonyl (C=O) groups excluding carboxylic acids is 1. The molecule has 1 atom stereocenters. The zero-order valence-corrected chi connectivity index (χ0v) is 14.9. The summed E-state index contributed by atoms with van der Waals surface area (Å²) in [7, 11) is 1.76. The van der Waals surface area contributed by atoms with Crippen LogP contribution in [0.2, 0.25) is 0 Å². The molecule has 1 aromatic carbocycles. The topological polar surface area (TPSA) is 54.9 Å². The van der Waals surface area contributed by atoms with Crippen molar-refractivity contribution in [2.24, 2.45) is 0 Å². The third kappa shape index (κ3) is 3.48. The predicted molar refractivity (Wildman–Crippen MR) is 96.5 cm³/mol. The summed E-state index contributed by atoms with van der Waals surface area (Å²) in [5.74, 6) is 0.0572. The van der Waals surface area contributed by atoms with Gasteiger partial charge in [-0.1, -0.05) is 11.3 Å². The molecule has 2 aliphatic rings. The highest BCUT2D eigenvalue weighted by Crippen LogP contribution is 2.24. The standard InChI is InChI=1S/C18H21N3O3S/c1-23-15-6-8-20(10-15)14-4-2-13(3-5-14)17(22)21-11-16(12-21)24-18-19-7-9-25-18/h2-5,7,9,15-16H,6,8,10-12H2,1H3. The Bertz CT molecular complexity index is 714. The fraction of sp³-hybridized carbons (Fsp3) is 0.444. The first-order valence-corrected chi connectivity index (χ1v) is 9.34. The van der Waals surface area contributed by atoms with Crippen LogP contribution in [-0.4, -0.2) is 61.3 Å². The van der Waals surface area contributed by atoms with Crippen LogP contribution in [0.25, 0.3) is 0 Å². The molecular weight excluding hydrogens is 338 g/mol. The Morgan fingerprint density at radius 1 is 1.20 bits per heavy atom. The molecule has 0 aliphatic carbocycles. The van der Waals surface area contributed by atoms with Crippen molar-refractivity contribution in [1.82, 2.24) is 9.88 Å². The van der Waals surface area contributed by atoms with E-state index in [9.17, 15) is 4.79 Å². The maximum absolute atomic E-state index is 12.5. The normalized spacial score (nSPS) is 20.6. The molecule has 25 heavy (non-hydrogen) atoms. The summed E-state index contributed by atoms with van der Waals surface area (Å²) in [4.78, 5) is 20.7. The molecule has 2 fully saturated rings. The van der Waals surface area contributed by atoms with Crippen molar-refractivity contribution in [3.63, 3.8) is 0 Å². The summed E-state index contributed by atoms with van der Waals surface area (Å²) in [6, 6.07) is 7.86. The fourth-order valence-electron chi connectivity index (χ4n) is 3.24. The van der Waals surface area contributed by atoms with Crippen molar-refractivity contribution >= 4 is 22.9 Å². The molecular formula is C18H21N3O3S. The van der Waals surface area contributed by atoms with Gasteiger partial charge >= 0.3 is 0 Å². The number of anilines is 1. The summed E-state index contributed by atoms with van der Waals surface area (Å²) < 4.78 is 11.1. The van der Waals surface area contributed by atoms with Crippen molar-refractivity contribution < 1.29 is 14.3 Å². The van der Waals surface area contributed by atoms with E-state index in [1.54, 1.807) is 13.3 Å². The highest BCUT2D eigenvalue weighted by Gasteiger charge is 2.33. The van der Waals surface area contributed by atoms with Crippen LogP contribution in [0.5, 0.6) is 5.19 Å². The minimum absolute atomic E-state index is 0.0463. The SMILES string of the molecule is COC1CCN(c2ccc(C(=O)N3CC(Oc4nccs4)C3)cc2)C1. The van der Waals surface area contributed by atoms with Crippen LogP contribution < -0.4 is 9.64 Å². The molecule has 0 radical (unpaired) electrons. The Balaban J connectivity index is 1.31. The van der Waals surface area contributed by atoms with Crippen LogP contribution in [0.4, 0.5) is 5.69 Å². The quantitative estimate of drug-likeness (QED) is 0.820. The number of hydrogen-bond donors (Lipinski definition) is 0. The molecule has 1 unspecified atom stereocenters. The number of benzene rings is 1. The molecule has 0 bridgehead atoms. The number of amides is 1. The van der Waals surface area contributed by atoms with Crippen LogP contribution >= 0.6 is 11.3 Å². The average molecular weight is 359 g/mol. The Hall–Kier alpha value is -2.12. The van der Waals surface area contributed by atoms with Gasteiger partial charge in [0, 0.05) is 43.0 Å². The molecule has 1 amide bonds. The van der Waals surface area contributed by atoms with Gasteiger partial charge in [-0.15, -0.1) is 0 Å². The predicted octanol–water partition coefficient (Wildman–Crippen LogP) is 2.27. The number of ether oxygens (including phenoxy) is 2. The third-order valence-corrected chi connectivity index (χ3v) is 5.43. The largest absolute Gasteiger partial charge is 0.463 e. The van der Waals surface area contributed by atoms with Gasteiger partial charge in [0.1, 0.15) is 6.10 Å². The summed E-state index contributed by atoms with van der Waals surface area (Å²) >= 11 is 1.47. The minimum atomic E-state index is 0.0463. The zero-order chi connectivity index (χ0) is 17.2. The summed E-state index contributed by atoms with van der Waals surface area (Å²) in [6.45, 7) is 3.13. The van der Waals surface area contributed by atoms with Crippen molar-refractivity contribution in [3.05, 3.63) is 41.4 Å². The molecule has 132 valence electrons. The van der Waals surface area contributed by atoms with Gasteiger partial charge in [-0.3, -0.25) is 4.79 Å². The molecule has 2 aromatic rings. The van der Waals surface area contributed by atoms with Gasteiger partial charge in [0.05, 0.1) is 19.2 Å². The summed E-state index contributed by atoms with van der Waals surface area (Å²) in [5, 5.41) is 2.55. The van der Waals surface area contributed by atoms with E-state index in [2.05, 4.69) is 9.88 Å². The van der Waals surface area contributed by atoms with Crippen LogP contribution in [0.15, 0.2) is 35.8 Å². The Morgan fingerprint density at radius 3 is 2.64 bits per heavy atom. The first-order chi connectivity index (χ1) is 12.2. The van der Waals surface area contributed by atoms with Crippen molar-refractivity contribution in [3.8, 4) is 5.19 Å². The average Bonchev–Trinajstić information content (AvgIpc) is 3.29. The van der Waals surface area contributed by atoms with Gasteiger partial charge in [0.2, 0.25) is 0 Å². The maximum atomic E-state index is 12.5. The van der Waals surface area contributed by atoms with Crippen molar-refractivity contribution in [2.75, 3.05) is 38.2 Å². The molecule has 7 heteroatoms. The number of hydrogen-bond acceptors (Lipinski definition) is 6.